The van der Waals surface area contributed by atoms with Crippen molar-refractivity contribution in [3.63, 3.8) is 0 Å². The molecule has 2 aromatic carbocycles. The summed E-state index contributed by atoms with van der Waals surface area (Å²) in [7, 11) is 1.87. The lowest BCUT2D eigenvalue weighted by Crippen LogP contribution is -2.40. The summed E-state index contributed by atoms with van der Waals surface area (Å²) in [6, 6.07) is 16.1. The van der Waals surface area contributed by atoms with Crippen LogP contribution in [0.5, 0.6) is 0 Å². The quantitative estimate of drug-likeness (QED) is 0.466. The van der Waals surface area contributed by atoms with Crippen LogP contribution in [0.3, 0.4) is 0 Å². The Kier molecular flexibility index (Phi) is 5.72. The number of hydrogen-bond donors (Lipinski definition) is 1. The van der Waals surface area contributed by atoms with E-state index in [0.717, 1.165) is 22.9 Å². The number of anilines is 1. The van der Waals surface area contributed by atoms with Crippen molar-refractivity contribution < 1.29 is 9.59 Å². The van der Waals surface area contributed by atoms with E-state index in [0.29, 0.717) is 12.2 Å². The highest BCUT2D eigenvalue weighted by Gasteiger charge is 2.32. The molecule has 0 bridgehead atoms. The van der Waals surface area contributed by atoms with Crippen molar-refractivity contribution in [1.82, 2.24) is 14.7 Å². The summed E-state index contributed by atoms with van der Waals surface area (Å²) >= 11 is 1.76. The molecule has 1 aliphatic heterocycles. The van der Waals surface area contributed by atoms with Gasteiger partial charge in [-0.2, -0.15) is 5.10 Å². The number of aryl methyl sites for hydroxylation is 2. The first-order valence-corrected chi connectivity index (χ1v) is 12.0. The minimum Gasteiger partial charge on any atom is -0.331 e. The Morgan fingerprint density at radius 1 is 1.15 bits per heavy atom. The largest absolute Gasteiger partial charge is 0.331 e. The van der Waals surface area contributed by atoms with Crippen LogP contribution in [0.15, 0.2) is 60.1 Å². The Hall–Kier alpha value is -3.45. The van der Waals surface area contributed by atoms with Crippen molar-refractivity contribution in [2.75, 3.05) is 11.9 Å². The van der Waals surface area contributed by atoms with E-state index in [2.05, 4.69) is 47.0 Å². The molecule has 33 heavy (non-hydrogen) atoms. The lowest BCUT2D eigenvalue weighted by atomic mass is 9.92. The van der Waals surface area contributed by atoms with E-state index in [1.807, 2.05) is 36.2 Å². The fourth-order valence-electron chi connectivity index (χ4n) is 4.59. The maximum Gasteiger partial charge on any atom is 0.224 e. The molecule has 0 spiro atoms. The van der Waals surface area contributed by atoms with Crippen molar-refractivity contribution in [2.24, 2.45) is 7.05 Å². The molecule has 6 nitrogen and oxygen atoms in total. The number of nitrogens with zero attached hydrogens (tertiary/aromatic N) is 3. The van der Waals surface area contributed by atoms with Gasteiger partial charge >= 0.3 is 0 Å². The minimum absolute atomic E-state index is 0.00981. The molecule has 0 aliphatic carbocycles. The van der Waals surface area contributed by atoms with Crippen LogP contribution >= 0.6 is 11.3 Å². The first-order valence-electron chi connectivity index (χ1n) is 11.1. The fourth-order valence-corrected chi connectivity index (χ4v) is 5.50. The number of aromatic nitrogens is 2. The maximum absolute atomic E-state index is 13.3. The molecular formula is C26H26N4O2S. The zero-order valence-electron chi connectivity index (χ0n) is 18.7. The lowest BCUT2D eigenvalue weighted by Gasteiger charge is -2.36. The van der Waals surface area contributed by atoms with Gasteiger partial charge in [-0.15, -0.1) is 11.3 Å². The summed E-state index contributed by atoms with van der Waals surface area (Å²) in [5.74, 6) is -0.152. The van der Waals surface area contributed by atoms with Crippen LogP contribution in [-0.2, 0) is 23.1 Å². The maximum atomic E-state index is 13.3. The van der Waals surface area contributed by atoms with Gasteiger partial charge in [0, 0.05) is 42.4 Å². The second-order valence-electron chi connectivity index (χ2n) is 8.54. The summed E-state index contributed by atoms with van der Waals surface area (Å²) in [5.41, 5.74) is 5.16. The summed E-state index contributed by atoms with van der Waals surface area (Å²) < 4.78 is 1.77. The molecule has 3 heterocycles. The number of carbonyl (C=O) groups is 2. The third-order valence-corrected chi connectivity index (χ3v) is 7.24. The molecule has 7 heteroatoms. The first kappa shape index (κ1) is 21.4. The number of benzene rings is 2. The van der Waals surface area contributed by atoms with Crippen molar-refractivity contribution >= 4 is 39.7 Å². The molecule has 1 unspecified atom stereocenters. The van der Waals surface area contributed by atoms with Crippen molar-refractivity contribution in [3.05, 3.63) is 81.7 Å². The van der Waals surface area contributed by atoms with E-state index in [4.69, 9.17) is 0 Å². The minimum atomic E-state index is -0.162. The van der Waals surface area contributed by atoms with E-state index in [-0.39, 0.29) is 30.7 Å². The molecule has 1 atom stereocenters. The number of carbonyl (C=O) groups excluding carboxylic acids is 2. The first-order chi connectivity index (χ1) is 16.0. The zero-order valence-corrected chi connectivity index (χ0v) is 19.6. The molecule has 5 rings (SSSR count). The highest BCUT2D eigenvalue weighted by atomic mass is 32.1. The number of nitrogens with one attached hydrogen (secondary N) is 1. The number of amides is 2. The molecule has 0 fully saturated rings. The van der Waals surface area contributed by atoms with Gasteiger partial charge in [-0.05, 0) is 54.1 Å². The lowest BCUT2D eigenvalue weighted by molar-refractivity contribution is -0.134. The van der Waals surface area contributed by atoms with Crippen LogP contribution in [0.25, 0.3) is 10.9 Å². The monoisotopic (exact) mass is 458 g/mol. The number of hydrogen-bond acceptors (Lipinski definition) is 4. The summed E-state index contributed by atoms with van der Waals surface area (Å²) in [5, 5.41) is 10.3. The standard InChI is InChI=1S/C26H26N4O2S/c1-17-4-3-5-18(14-17)26-21-11-13-33-23(21)10-12-30(26)25(32)9-8-24(31)28-20-7-6-19-16-27-29(2)22(19)15-20/h3-7,11,13-16,26H,8-10,12H2,1-2H3,(H,28,31). The Bertz CT molecular complexity index is 1340. The Morgan fingerprint density at radius 2 is 2.03 bits per heavy atom. The van der Waals surface area contributed by atoms with E-state index < -0.39 is 0 Å². The normalized spacial score (nSPS) is 15.5. The Morgan fingerprint density at radius 3 is 2.88 bits per heavy atom. The molecule has 2 amide bonds. The van der Waals surface area contributed by atoms with Crippen LogP contribution in [-0.4, -0.2) is 33.0 Å². The van der Waals surface area contributed by atoms with E-state index in [1.54, 1.807) is 22.2 Å². The second-order valence-corrected chi connectivity index (χ2v) is 9.54. The third-order valence-electron chi connectivity index (χ3n) is 6.24. The Balaban J connectivity index is 1.29. The molecule has 0 radical (unpaired) electrons. The van der Waals surface area contributed by atoms with Gasteiger partial charge in [0.25, 0.3) is 0 Å². The van der Waals surface area contributed by atoms with Crippen molar-refractivity contribution in [3.8, 4) is 0 Å². The number of fused-ring (bicyclic) bond motifs is 2. The molecule has 4 aromatic rings. The highest BCUT2D eigenvalue weighted by molar-refractivity contribution is 7.10. The molecule has 0 saturated heterocycles. The van der Waals surface area contributed by atoms with Gasteiger partial charge in [0.1, 0.15) is 0 Å². The van der Waals surface area contributed by atoms with E-state index >= 15 is 0 Å². The van der Waals surface area contributed by atoms with Gasteiger partial charge in [0.15, 0.2) is 0 Å². The molecule has 2 aromatic heterocycles. The smallest absolute Gasteiger partial charge is 0.224 e. The number of thiophene rings is 1. The second kappa shape index (κ2) is 8.83. The topological polar surface area (TPSA) is 67.2 Å². The van der Waals surface area contributed by atoms with Gasteiger partial charge in [-0.1, -0.05) is 29.8 Å². The molecular weight excluding hydrogens is 432 g/mol. The molecule has 1 aliphatic rings. The third kappa shape index (κ3) is 4.28. The summed E-state index contributed by atoms with van der Waals surface area (Å²) in [6.07, 6.45) is 2.98. The summed E-state index contributed by atoms with van der Waals surface area (Å²) in [4.78, 5) is 29.2. The van der Waals surface area contributed by atoms with Crippen molar-refractivity contribution in [1.29, 1.82) is 0 Å². The predicted octanol–water partition coefficient (Wildman–Crippen LogP) is 4.84. The van der Waals surface area contributed by atoms with E-state index in [1.165, 1.54) is 16.0 Å². The fraction of sp³-hybridized carbons (Fsp3) is 0.269. The van der Waals surface area contributed by atoms with Gasteiger partial charge in [0.05, 0.1) is 17.8 Å². The van der Waals surface area contributed by atoms with Gasteiger partial charge in [-0.3, -0.25) is 14.3 Å². The van der Waals surface area contributed by atoms with Crippen molar-refractivity contribution in [2.45, 2.75) is 32.2 Å². The van der Waals surface area contributed by atoms with Crippen LogP contribution < -0.4 is 5.32 Å². The Labute approximate surface area is 196 Å². The molecule has 168 valence electrons. The van der Waals surface area contributed by atoms with Gasteiger partial charge in [0.2, 0.25) is 11.8 Å². The van der Waals surface area contributed by atoms with Crippen LogP contribution in [0.1, 0.15) is 40.5 Å². The summed E-state index contributed by atoms with van der Waals surface area (Å²) in [6.45, 7) is 2.74. The zero-order chi connectivity index (χ0) is 22.9. The average Bonchev–Trinajstić information content (AvgIpc) is 3.43. The SMILES string of the molecule is Cc1cccc(C2c3ccsc3CCN2C(=O)CCC(=O)Nc2ccc3cnn(C)c3c2)c1. The highest BCUT2D eigenvalue weighted by Crippen LogP contribution is 2.38. The van der Waals surface area contributed by atoms with Gasteiger partial charge in [-0.25, -0.2) is 0 Å². The predicted molar refractivity (Wildman–Crippen MR) is 131 cm³/mol. The van der Waals surface area contributed by atoms with Crippen LogP contribution in [0.4, 0.5) is 5.69 Å². The van der Waals surface area contributed by atoms with Crippen LogP contribution in [0, 0.1) is 6.92 Å². The number of rotatable bonds is 5. The van der Waals surface area contributed by atoms with E-state index in [9.17, 15) is 9.59 Å². The van der Waals surface area contributed by atoms with Gasteiger partial charge < -0.3 is 10.2 Å². The molecule has 1 N–H and O–H groups in total. The molecule has 0 saturated carbocycles. The van der Waals surface area contributed by atoms with Crippen LogP contribution in [0.2, 0.25) is 0 Å². The average molecular weight is 459 g/mol.